The summed E-state index contributed by atoms with van der Waals surface area (Å²) in [6.07, 6.45) is 4.41. The Kier molecular flexibility index (Phi) is 6.20. The smallest absolute Gasteiger partial charge is 0.0564 e. The lowest BCUT2D eigenvalue weighted by molar-refractivity contribution is 0.265. The molecule has 0 bridgehead atoms. The van der Waals surface area contributed by atoms with Crippen molar-refractivity contribution < 1.29 is 5.11 Å². The summed E-state index contributed by atoms with van der Waals surface area (Å²) in [6, 6.07) is 11.6. The van der Waals surface area contributed by atoms with Gasteiger partial charge in [0.2, 0.25) is 0 Å². The van der Waals surface area contributed by atoms with Gasteiger partial charge in [0.15, 0.2) is 0 Å². The van der Waals surface area contributed by atoms with Gasteiger partial charge in [0.05, 0.1) is 6.61 Å². The highest BCUT2D eigenvalue weighted by atomic mass is 32.2. The van der Waals surface area contributed by atoms with E-state index in [4.69, 9.17) is 0 Å². The normalized spacial score (nSPS) is 19.9. The molecule has 2 atom stereocenters. The van der Waals surface area contributed by atoms with Crippen molar-refractivity contribution >= 4 is 17.4 Å². The topological polar surface area (TPSA) is 35.5 Å². The first-order valence-electron chi connectivity index (χ1n) is 7.44. The Balaban J connectivity index is 1.80. The lowest BCUT2D eigenvalue weighted by Gasteiger charge is -2.36. The van der Waals surface area contributed by atoms with Crippen LogP contribution in [0.25, 0.3) is 0 Å². The first-order valence-corrected chi connectivity index (χ1v) is 8.73. The molecule has 1 aliphatic rings. The average Bonchev–Trinajstić information content (AvgIpc) is 2.50. The van der Waals surface area contributed by atoms with Crippen molar-refractivity contribution in [1.82, 2.24) is 5.32 Å². The summed E-state index contributed by atoms with van der Waals surface area (Å²) < 4.78 is 0. The van der Waals surface area contributed by atoms with Crippen LogP contribution in [0.1, 0.15) is 19.8 Å². The van der Waals surface area contributed by atoms with Crippen molar-refractivity contribution in [2.24, 2.45) is 0 Å². The summed E-state index contributed by atoms with van der Waals surface area (Å²) in [5.74, 6) is 0. The predicted octanol–water partition coefficient (Wildman–Crippen LogP) is 2.36. The van der Waals surface area contributed by atoms with Crippen LogP contribution in [0.2, 0.25) is 0 Å². The van der Waals surface area contributed by atoms with Crippen LogP contribution in [-0.4, -0.2) is 48.4 Å². The number of thioether (sulfide) groups is 1. The first kappa shape index (κ1) is 15.7. The molecule has 0 amide bonds. The van der Waals surface area contributed by atoms with Crippen molar-refractivity contribution in [3.8, 4) is 0 Å². The number of aliphatic hydroxyl groups is 1. The minimum atomic E-state index is 0.248. The van der Waals surface area contributed by atoms with Crippen molar-refractivity contribution in [3.63, 3.8) is 0 Å². The summed E-state index contributed by atoms with van der Waals surface area (Å²) in [4.78, 5) is 2.46. The van der Waals surface area contributed by atoms with E-state index in [1.165, 1.54) is 18.5 Å². The van der Waals surface area contributed by atoms with Crippen molar-refractivity contribution in [3.05, 3.63) is 30.3 Å². The summed E-state index contributed by atoms with van der Waals surface area (Å²) in [7, 11) is 0. The second-order valence-electron chi connectivity index (χ2n) is 5.51. The molecule has 2 rings (SSSR count). The third-order valence-electron chi connectivity index (χ3n) is 4.16. The van der Waals surface area contributed by atoms with Gasteiger partial charge in [0.25, 0.3) is 0 Å². The Morgan fingerprint density at radius 1 is 1.30 bits per heavy atom. The second kappa shape index (κ2) is 7.91. The SMILES string of the molecule is CSC(CO)C(C)NC1CCN(c2ccccc2)CC1. The Morgan fingerprint density at radius 3 is 2.50 bits per heavy atom. The molecular weight excluding hydrogens is 268 g/mol. The molecule has 3 nitrogen and oxygen atoms in total. The van der Waals surface area contributed by atoms with Gasteiger partial charge in [-0.05, 0) is 38.2 Å². The number of hydrogen-bond donors (Lipinski definition) is 2. The molecule has 20 heavy (non-hydrogen) atoms. The number of aliphatic hydroxyl groups excluding tert-OH is 1. The monoisotopic (exact) mass is 294 g/mol. The van der Waals surface area contributed by atoms with Crippen LogP contribution in [0, 0.1) is 0 Å². The van der Waals surface area contributed by atoms with Gasteiger partial charge in [-0.15, -0.1) is 0 Å². The van der Waals surface area contributed by atoms with Crippen LogP contribution in [-0.2, 0) is 0 Å². The standard InChI is InChI=1S/C16H26N2OS/c1-13(16(12-19)20-2)17-14-8-10-18(11-9-14)15-6-4-3-5-7-15/h3-7,13-14,16-17,19H,8-12H2,1-2H3. The fraction of sp³-hybridized carbons (Fsp3) is 0.625. The van der Waals surface area contributed by atoms with Crippen LogP contribution in [0.3, 0.4) is 0 Å². The highest BCUT2D eigenvalue weighted by Gasteiger charge is 2.23. The maximum atomic E-state index is 9.35. The summed E-state index contributed by atoms with van der Waals surface area (Å²) in [6.45, 7) is 4.65. The minimum absolute atomic E-state index is 0.248. The van der Waals surface area contributed by atoms with Gasteiger partial charge >= 0.3 is 0 Å². The molecule has 2 N–H and O–H groups in total. The minimum Gasteiger partial charge on any atom is -0.395 e. The molecule has 2 unspecified atom stereocenters. The molecule has 0 aromatic heterocycles. The van der Waals surface area contributed by atoms with Crippen molar-refractivity contribution in [1.29, 1.82) is 0 Å². The largest absolute Gasteiger partial charge is 0.395 e. The van der Waals surface area contributed by atoms with E-state index in [-0.39, 0.29) is 6.61 Å². The van der Waals surface area contributed by atoms with Gasteiger partial charge in [-0.2, -0.15) is 11.8 Å². The van der Waals surface area contributed by atoms with Gasteiger partial charge < -0.3 is 15.3 Å². The van der Waals surface area contributed by atoms with Gasteiger partial charge in [-0.3, -0.25) is 0 Å². The van der Waals surface area contributed by atoms with Gasteiger partial charge in [0, 0.05) is 36.1 Å². The zero-order valence-corrected chi connectivity index (χ0v) is 13.3. The predicted molar refractivity (Wildman–Crippen MR) is 88.7 cm³/mol. The van der Waals surface area contributed by atoms with Crippen LogP contribution in [0.5, 0.6) is 0 Å². The Bertz CT molecular complexity index is 375. The van der Waals surface area contributed by atoms with E-state index >= 15 is 0 Å². The number of nitrogens with one attached hydrogen (secondary N) is 1. The molecule has 1 aromatic rings. The molecule has 4 heteroatoms. The van der Waals surface area contributed by atoms with Crippen molar-refractivity contribution in [2.75, 3.05) is 30.9 Å². The number of anilines is 1. The van der Waals surface area contributed by atoms with E-state index < -0.39 is 0 Å². The third-order valence-corrected chi connectivity index (χ3v) is 5.32. The van der Waals surface area contributed by atoms with Crippen LogP contribution >= 0.6 is 11.8 Å². The first-order chi connectivity index (χ1) is 9.74. The molecule has 0 aliphatic carbocycles. The quantitative estimate of drug-likeness (QED) is 0.844. The zero-order chi connectivity index (χ0) is 14.4. The van der Waals surface area contributed by atoms with Crippen LogP contribution in [0.4, 0.5) is 5.69 Å². The Hall–Kier alpha value is -0.710. The number of nitrogens with zero attached hydrogens (tertiary/aromatic N) is 1. The number of benzene rings is 1. The van der Waals surface area contributed by atoms with E-state index in [2.05, 4.69) is 53.7 Å². The number of para-hydroxylation sites is 1. The van der Waals surface area contributed by atoms with Gasteiger partial charge in [-0.25, -0.2) is 0 Å². The highest BCUT2D eigenvalue weighted by Crippen LogP contribution is 2.20. The summed E-state index contributed by atoms with van der Waals surface area (Å²) in [5, 5.41) is 13.3. The second-order valence-corrected chi connectivity index (χ2v) is 6.59. The van der Waals surface area contributed by atoms with E-state index in [9.17, 15) is 5.11 Å². The van der Waals surface area contributed by atoms with Crippen LogP contribution in [0.15, 0.2) is 30.3 Å². The van der Waals surface area contributed by atoms with E-state index in [1.54, 1.807) is 11.8 Å². The van der Waals surface area contributed by atoms with Crippen LogP contribution < -0.4 is 10.2 Å². The summed E-state index contributed by atoms with van der Waals surface area (Å²) >= 11 is 1.74. The number of rotatable bonds is 6. The molecule has 1 fully saturated rings. The maximum absolute atomic E-state index is 9.35. The highest BCUT2D eigenvalue weighted by molar-refractivity contribution is 7.99. The van der Waals surface area contributed by atoms with E-state index in [0.29, 0.717) is 17.3 Å². The molecular formula is C16H26N2OS. The maximum Gasteiger partial charge on any atom is 0.0564 e. The third kappa shape index (κ3) is 4.14. The van der Waals surface area contributed by atoms with Gasteiger partial charge in [-0.1, -0.05) is 18.2 Å². The molecule has 1 aromatic carbocycles. The Morgan fingerprint density at radius 2 is 1.95 bits per heavy atom. The number of hydrogen-bond acceptors (Lipinski definition) is 4. The van der Waals surface area contributed by atoms with E-state index in [1.807, 2.05) is 0 Å². The molecule has 1 heterocycles. The lowest BCUT2D eigenvalue weighted by atomic mass is 10.0. The molecule has 0 spiro atoms. The zero-order valence-electron chi connectivity index (χ0n) is 12.5. The van der Waals surface area contributed by atoms with Crippen molar-refractivity contribution in [2.45, 2.75) is 37.1 Å². The molecule has 112 valence electrons. The average molecular weight is 294 g/mol. The molecule has 0 radical (unpaired) electrons. The van der Waals surface area contributed by atoms with Gasteiger partial charge in [0.1, 0.15) is 0 Å². The van der Waals surface area contributed by atoms with E-state index in [0.717, 1.165) is 13.1 Å². The molecule has 0 saturated carbocycles. The fourth-order valence-corrected chi connectivity index (χ4v) is 3.49. The lowest BCUT2D eigenvalue weighted by Crippen LogP contribution is -2.48. The number of piperidine rings is 1. The molecule has 1 aliphatic heterocycles. The Labute approximate surface area is 126 Å². The molecule has 1 saturated heterocycles. The summed E-state index contributed by atoms with van der Waals surface area (Å²) in [5.41, 5.74) is 1.33. The fourth-order valence-electron chi connectivity index (χ4n) is 2.86.